The van der Waals surface area contributed by atoms with Gasteiger partial charge in [0.05, 0.1) is 6.26 Å². The number of rotatable bonds is 1. The minimum absolute atomic E-state index is 0.296. The number of hydrogen-bond acceptors (Lipinski definition) is 3. The number of sulfonamides is 1. The van der Waals surface area contributed by atoms with Crippen molar-refractivity contribution < 1.29 is 13.2 Å². The molecule has 1 N–H and O–H groups in total. The van der Waals surface area contributed by atoms with Crippen molar-refractivity contribution >= 4 is 16.1 Å². The molecule has 0 radical (unpaired) electrons. The molecule has 0 aliphatic carbocycles. The topological polar surface area (TPSA) is 66.5 Å². The van der Waals surface area contributed by atoms with E-state index in [1.807, 2.05) is 0 Å². The van der Waals surface area contributed by atoms with Gasteiger partial charge in [-0.3, -0.25) is 0 Å². The fourth-order valence-electron chi connectivity index (χ4n) is 0.924. The van der Waals surface area contributed by atoms with E-state index in [-0.39, 0.29) is 0 Å². The van der Waals surface area contributed by atoms with Crippen molar-refractivity contribution in [3.8, 4) is 0 Å². The van der Waals surface area contributed by atoms with Crippen LogP contribution in [0.1, 0.15) is 6.42 Å². The first kappa shape index (κ1) is 8.32. The number of hydrogen-bond donors (Lipinski definition) is 1. The highest BCUT2D eigenvalue weighted by Gasteiger charge is 2.25. The van der Waals surface area contributed by atoms with Crippen molar-refractivity contribution in [2.24, 2.45) is 0 Å². The summed E-state index contributed by atoms with van der Waals surface area (Å²) in [7, 11) is -3.35. The van der Waals surface area contributed by atoms with E-state index in [0.29, 0.717) is 19.5 Å². The van der Waals surface area contributed by atoms with Crippen LogP contribution >= 0.6 is 0 Å². The minimum Gasteiger partial charge on any atom is -0.337 e. The molecule has 0 aromatic carbocycles. The third-order valence-corrected chi connectivity index (χ3v) is 2.59. The van der Waals surface area contributed by atoms with E-state index in [9.17, 15) is 13.2 Å². The standard InChI is InChI=1S/C5H10N2O3S/c1-11(9,10)7-4-2-3-6-5(7)8/h2-4H2,1H3,(H,6,8). The lowest BCUT2D eigenvalue weighted by molar-refractivity contribution is 0.215. The highest BCUT2D eigenvalue weighted by atomic mass is 32.2. The van der Waals surface area contributed by atoms with Gasteiger partial charge in [-0.15, -0.1) is 0 Å². The zero-order valence-corrected chi connectivity index (χ0v) is 7.02. The summed E-state index contributed by atoms with van der Waals surface area (Å²) in [6, 6.07) is -0.515. The molecule has 2 amide bonds. The van der Waals surface area contributed by atoms with E-state index < -0.39 is 16.1 Å². The van der Waals surface area contributed by atoms with Crippen LogP contribution in [0.3, 0.4) is 0 Å². The van der Waals surface area contributed by atoms with Crippen LogP contribution in [0.25, 0.3) is 0 Å². The zero-order chi connectivity index (χ0) is 8.48. The summed E-state index contributed by atoms with van der Waals surface area (Å²) in [4.78, 5) is 10.9. The maximum Gasteiger partial charge on any atom is 0.331 e. The molecule has 0 aromatic heterocycles. The third-order valence-electron chi connectivity index (χ3n) is 1.44. The SMILES string of the molecule is CS(=O)(=O)N1CCCNC1=O. The van der Waals surface area contributed by atoms with Gasteiger partial charge in [-0.2, -0.15) is 0 Å². The summed E-state index contributed by atoms with van der Waals surface area (Å²) < 4.78 is 22.6. The van der Waals surface area contributed by atoms with Crippen LogP contribution in [0.15, 0.2) is 0 Å². The number of carbonyl (C=O) groups excluding carboxylic acids is 1. The molecule has 5 nitrogen and oxygen atoms in total. The molecule has 1 rings (SSSR count). The van der Waals surface area contributed by atoms with Gasteiger partial charge in [0.25, 0.3) is 0 Å². The molecule has 1 aliphatic heterocycles. The summed E-state index contributed by atoms with van der Waals surface area (Å²) in [6.07, 6.45) is 1.71. The zero-order valence-electron chi connectivity index (χ0n) is 6.20. The molecule has 0 bridgehead atoms. The Morgan fingerprint density at radius 1 is 1.55 bits per heavy atom. The van der Waals surface area contributed by atoms with Crippen LogP contribution in [0.5, 0.6) is 0 Å². The van der Waals surface area contributed by atoms with E-state index in [2.05, 4.69) is 5.32 Å². The predicted molar refractivity (Wildman–Crippen MR) is 39.6 cm³/mol. The Kier molecular flexibility index (Phi) is 2.03. The van der Waals surface area contributed by atoms with Crippen LogP contribution in [-0.4, -0.2) is 38.1 Å². The third kappa shape index (κ3) is 1.83. The van der Waals surface area contributed by atoms with Gasteiger partial charge in [-0.25, -0.2) is 17.5 Å². The first-order chi connectivity index (χ1) is 5.02. The van der Waals surface area contributed by atoms with Gasteiger partial charge in [-0.1, -0.05) is 0 Å². The molecule has 64 valence electrons. The highest BCUT2D eigenvalue weighted by molar-refractivity contribution is 7.88. The predicted octanol–water partition coefficient (Wildman–Crippen LogP) is -0.639. The second kappa shape index (κ2) is 2.69. The van der Waals surface area contributed by atoms with Crippen molar-refractivity contribution in [1.29, 1.82) is 0 Å². The lowest BCUT2D eigenvalue weighted by atomic mass is 10.4. The van der Waals surface area contributed by atoms with E-state index in [0.717, 1.165) is 10.6 Å². The molecule has 11 heavy (non-hydrogen) atoms. The fourth-order valence-corrected chi connectivity index (χ4v) is 1.75. The number of carbonyl (C=O) groups is 1. The monoisotopic (exact) mass is 178 g/mol. The van der Waals surface area contributed by atoms with Gasteiger partial charge in [0.1, 0.15) is 0 Å². The van der Waals surface area contributed by atoms with Gasteiger partial charge in [0.15, 0.2) is 0 Å². The van der Waals surface area contributed by atoms with Crippen LogP contribution in [0.2, 0.25) is 0 Å². The average molecular weight is 178 g/mol. The smallest absolute Gasteiger partial charge is 0.331 e. The summed E-state index contributed by atoms with van der Waals surface area (Å²) in [5, 5.41) is 2.45. The Balaban J connectivity index is 2.78. The summed E-state index contributed by atoms with van der Waals surface area (Å²) in [5.74, 6) is 0. The number of nitrogens with one attached hydrogen (secondary N) is 1. The fraction of sp³-hybridized carbons (Fsp3) is 0.800. The molecule has 0 aromatic rings. The van der Waals surface area contributed by atoms with Gasteiger partial charge in [0.2, 0.25) is 10.0 Å². The van der Waals surface area contributed by atoms with Gasteiger partial charge in [0, 0.05) is 13.1 Å². The van der Waals surface area contributed by atoms with Crippen LogP contribution < -0.4 is 5.32 Å². The van der Waals surface area contributed by atoms with Crippen LogP contribution in [-0.2, 0) is 10.0 Å². The van der Waals surface area contributed by atoms with Gasteiger partial charge < -0.3 is 5.32 Å². The Labute approximate surface area is 65.4 Å². The molecule has 0 atom stereocenters. The maximum atomic E-state index is 10.9. The summed E-state index contributed by atoms with van der Waals surface area (Å²) >= 11 is 0. The summed E-state index contributed by atoms with van der Waals surface area (Å²) in [5.41, 5.74) is 0. The molecule has 0 saturated carbocycles. The first-order valence-electron chi connectivity index (χ1n) is 3.27. The molecule has 0 spiro atoms. The van der Waals surface area contributed by atoms with Crippen LogP contribution in [0.4, 0.5) is 4.79 Å². The summed E-state index contributed by atoms with van der Waals surface area (Å²) in [6.45, 7) is 0.857. The maximum absolute atomic E-state index is 10.9. The van der Waals surface area contributed by atoms with E-state index >= 15 is 0 Å². The highest BCUT2D eigenvalue weighted by Crippen LogP contribution is 2.03. The molecule has 1 heterocycles. The van der Waals surface area contributed by atoms with Crippen molar-refractivity contribution in [2.45, 2.75) is 6.42 Å². The molecule has 1 aliphatic rings. The number of urea groups is 1. The normalized spacial score (nSPS) is 19.7. The molecule has 6 heteroatoms. The lowest BCUT2D eigenvalue weighted by Crippen LogP contribution is -2.48. The van der Waals surface area contributed by atoms with E-state index in [4.69, 9.17) is 0 Å². The largest absolute Gasteiger partial charge is 0.337 e. The quantitative estimate of drug-likeness (QED) is 0.581. The molecule has 0 unspecified atom stereocenters. The minimum atomic E-state index is -3.35. The molecule has 1 fully saturated rings. The average Bonchev–Trinajstić information content (AvgIpc) is 1.86. The Morgan fingerprint density at radius 2 is 2.18 bits per heavy atom. The number of amides is 2. The second-order valence-electron chi connectivity index (χ2n) is 2.42. The molecular formula is C5H10N2O3S. The molecule has 1 saturated heterocycles. The van der Waals surface area contributed by atoms with Crippen molar-refractivity contribution in [3.63, 3.8) is 0 Å². The Morgan fingerprint density at radius 3 is 2.55 bits per heavy atom. The van der Waals surface area contributed by atoms with Crippen molar-refractivity contribution in [2.75, 3.05) is 19.3 Å². The van der Waals surface area contributed by atoms with Gasteiger partial charge >= 0.3 is 6.03 Å². The Bertz CT molecular complexity index is 259. The molecular weight excluding hydrogens is 168 g/mol. The first-order valence-corrected chi connectivity index (χ1v) is 5.12. The Hall–Kier alpha value is -0.780. The van der Waals surface area contributed by atoms with Gasteiger partial charge in [-0.05, 0) is 6.42 Å². The van der Waals surface area contributed by atoms with Crippen LogP contribution in [0, 0.1) is 0 Å². The number of nitrogens with zero attached hydrogens (tertiary/aromatic N) is 1. The second-order valence-corrected chi connectivity index (χ2v) is 4.33. The van der Waals surface area contributed by atoms with Crippen molar-refractivity contribution in [1.82, 2.24) is 9.62 Å². The van der Waals surface area contributed by atoms with E-state index in [1.165, 1.54) is 0 Å². The van der Waals surface area contributed by atoms with Crippen molar-refractivity contribution in [3.05, 3.63) is 0 Å². The van der Waals surface area contributed by atoms with E-state index in [1.54, 1.807) is 0 Å². The lowest BCUT2D eigenvalue weighted by Gasteiger charge is -2.24.